The molecule has 2 aromatic carbocycles. The van der Waals surface area contributed by atoms with Crippen LogP contribution < -0.4 is 5.73 Å². The van der Waals surface area contributed by atoms with Gasteiger partial charge in [-0.1, -0.05) is 48.5 Å². The Hall–Kier alpha value is -3.35. The number of azide groups is 1. The molecule has 1 aliphatic carbocycles. The molecule has 0 aliphatic heterocycles. The van der Waals surface area contributed by atoms with Gasteiger partial charge in [0, 0.05) is 17.9 Å². The number of nitrogens with two attached hydrogens (primary N) is 1. The number of hydrogen-bond donors (Lipinski definition) is 1. The van der Waals surface area contributed by atoms with Gasteiger partial charge in [-0.05, 0) is 45.9 Å². The van der Waals surface area contributed by atoms with Crippen LogP contribution in [0, 0.1) is 0 Å². The molecule has 2 aromatic rings. The summed E-state index contributed by atoms with van der Waals surface area (Å²) in [5.41, 5.74) is 18.5. The molecule has 2 N–H and O–H groups in total. The number of carbonyl (C=O) groups is 2. The second-order valence-corrected chi connectivity index (χ2v) is 6.54. The normalized spacial score (nSPS) is 13.1. The van der Waals surface area contributed by atoms with Crippen LogP contribution in [0.4, 0.5) is 4.79 Å². The third-order valence-corrected chi connectivity index (χ3v) is 4.96. The Balaban J connectivity index is 1.75. The Bertz CT molecular complexity index is 893. The fourth-order valence-corrected chi connectivity index (χ4v) is 3.57. The van der Waals surface area contributed by atoms with Crippen LogP contribution in [0.5, 0.6) is 0 Å². The Morgan fingerprint density at radius 1 is 1.18 bits per heavy atom. The summed E-state index contributed by atoms with van der Waals surface area (Å²) in [6.07, 6.45) is -0.486. The van der Waals surface area contributed by atoms with Crippen molar-refractivity contribution in [3.63, 3.8) is 0 Å². The van der Waals surface area contributed by atoms with Crippen LogP contribution in [0.1, 0.15) is 23.5 Å². The fraction of sp³-hybridized carbons (Fsp3) is 0.300. The Morgan fingerprint density at radius 3 is 2.29 bits per heavy atom. The van der Waals surface area contributed by atoms with E-state index in [1.807, 2.05) is 36.4 Å². The van der Waals surface area contributed by atoms with Crippen molar-refractivity contribution in [3.8, 4) is 11.1 Å². The third-order valence-electron chi connectivity index (χ3n) is 4.96. The van der Waals surface area contributed by atoms with E-state index >= 15 is 0 Å². The first-order valence-electron chi connectivity index (χ1n) is 8.95. The first-order chi connectivity index (χ1) is 13.6. The minimum Gasteiger partial charge on any atom is -0.448 e. The number of nitrogens with zero attached hydrogens (tertiary/aromatic N) is 4. The number of amides is 2. The van der Waals surface area contributed by atoms with E-state index in [0.717, 1.165) is 27.2 Å². The number of benzene rings is 2. The van der Waals surface area contributed by atoms with Gasteiger partial charge in [0.25, 0.3) is 0 Å². The number of rotatable bonds is 6. The largest absolute Gasteiger partial charge is 0.448 e. The molecule has 0 saturated heterocycles. The summed E-state index contributed by atoms with van der Waals surface area (Å²) in [5.74, 6) is -0.838. The van der Waals surface area contributed by atoms with E-state index in [4.69, 9.17) is 16.0 Å². The van der Waals surface area contributed by atoms with Gasteiger partial charge in [-0.15, -0.1) is 0 Å². The molecule has 0 saturated carbocycles. The predicted molar refractivity (Wildman–Crippen MR) is 104 cm³/mol. The minimum atomic E-state index is -0.948. The van der Waals surface area contributed by atoms with Gasteiger partial charge in [0.2, 0.25) is 5.91 Å². The highest BCUT2D eigenvalue weighted by Gasteiger charge is 2.31. The van der Waals surface area contributed by atoms with E-state index in [1.165, 1.54) is 7.05 Å². The first-order valence-corrected chi connectivity index (χ1v) is 8.95. The van der Waals surface area contributed by atoms with Crippen molar-refractivity contribution in [1.29, 1.82) is 0 Å². The molecule has 8 nitrogen and oxygen atoms in total. The van der Waals surface area contributed by atoms with Crippen LogP contribution in [0.2, 0.25) is 0 Å². The lowest BCUT2D eigenvalue weighted by molar-refractivity contribution is -0.122. The highest BCUT2D eigenvalue weighted by molar-refractivity contribution is 5.86. The molecule has 0 fully saturated rings. The Morgan fingerprint density at radius 2 is 1.75 bits per heavy atom. The molecule has 144 valence electrons. The van der Waals surface area contributed by atoms with Crippen molar-refractivity contribution in [1.82, 2.24) is 4.90 Å². The molecule has 0 spiro atoms. The third kappa shape index (κ3) is 3.69. The zero-order chi connectivity index (χ0) is 20.1. The lowest BCUT2D eigenvalue weighted by atomic mass is 9.98. The summed E-state index contributed by atoms with van der Waals surface area (Å²) in [5, 5.41) is 3.08. The van der Waals surface area contributed by atoms with Crippen LogP contribution in [0.15, 0.2) is 53.6 Å². The molecular formula is C20H21N5O3. The lowest BCUT2D eigenvalue weighted by Crippen LogP contribution is -2.43. The maximum Gasteiger partial charge on any atom is 0.410 e. The zero-order valence-corrected chi connectivity index (χ0v) is 15.5. The summed E-state index contributed by atoms with van der Waals surface area (Å²) in [4.78, 5) is 28.1. The van der Waals surface area contributed by atoms with Gasteiger partial charge < -0.3 is 15.4 Å². The van der Waals surface area contributed by atoms with Crippen molar-refractivity contribution < 1.29 is 14.3 Å². The van der Waals surface area contributed by atoms with Crippen molar-refractivity contribution in [2.45, 2.75) is 18.4 Å². The van der Waals surface area contributed by atoms with Gasteiger partial charge in [-0.25, -0.2) is 4.79 Å². The van der Waals surface area contributed by atoms with Gasteiger partial charge in [0.15, 0.2) is 0 Å². The highest BCUT2D eigenvalue weighted by Crippen LogP contribution is 2.44. The number of fused-ring (bicyclic) bond motifs is 3. The smallest absolute Gasteiger partial charge is 0.410 e. The molecule has 0 heterocycles. The van der Waals surface area contributed by atoms with Crippen molar-refractivity contribution in [3.05, 3.63) is 70.1 Å². The molecule has 2 amide bonds. The van der Waals surface area contributed by atoms with Crippen molar-refractivity contribution >= 4 is 12.0 Å². The lowest BCUT2D eigenvalue weighted by Gasteiger charge is -2.25. The summed E-state index contributed by atoms with van der Waals surface area (Å²) in [6, 6.07) is 15.1. The van der Waals surface area contributed by atoms with Gasteiger partial charge in [-0.2, -0.15) is 0 Å². The second kappa shape index (κ2) is 8.56. The van der Waals surface area contributed by atoms with E-state index in [9.17, 15) is 9.59 Å². The standard InChI is InChI=1S/C20H21N5O3/c1-25(18(10-11-21)19(26)23-24-22)20(27)28-12-17-15-8-4-2-6-13(15)14-7-3-5-9-16(14)17/h2-9,17-18H,10-12,21H2,1H3/t18-/m0/s1. The van der Waals surface area contributed by atoms with Crippen LogP contribution >= 0.6 is 0 Å². The monoisotopic (exact) mass is 379 g/mol. The van der Waals surface area contributed by atoms with Gasteiger partial charge in [0.1, 0.15) is 12.6 Å². The summed E-state index contributed by atoms with van der Waals surface area (Å²) in [7, 11) is 1.43. The molecule has 1 aliphatic rings. The summed E-state index contributed by atoms with van der Waals surface area (Å²) in [6.45, 7) is 0.306. The molecular weight excluding hydrogens is 358 g/mol. The summed E-state index contributed by atoms with van der Waals surface area (Å²) < 4.78 is 5.52. The van der Waals surface area contributed by atoms with Crippen LogP contribution in [0.3, 0.4) is 0 Å². The average Bonchev–Trinajstić information content (AvgIpc) is 3.03. The number of carbonyl (C=O) groups excluding carboxylic acids is 2. The zero-order valence-electron chi connectivity index (χ0n) is 15.5. The maximum absolute atomic E-state index is 12.5. The topological polar surface area (TPSA) is 121 Å². The Labute approximate surface area is 162 Å². The Kier molecular flexibility index (Phi) is 5.93. The van der Waals surface area contributed by atoms with Crippen LogP contribution in [0.25, 0.3) is 21.6 Å². The summed E-state index contributed by atoms with van der Waals surface area (Å²) >= 11 is 0. The number of hydrogen-bond acceptors (Lipinski definition) is 4. The maximum atomic E-state index is 12.5. The molecule has 0 unspecified atom stereocenters. The van der Waals surface area contributed by atoms with E-state index in [1.54, 1.807) is 0 Å². The van der Waals surface area contributed by atoms with Crippen LogP contribution in [-0.4, -0.2) is 43.1 Å². The van der Waals surface area contributed by atoms with E-state index < -0.39 is 18.0 Å². The van der Waals surface area contributed by atoms with Gasteiger partial charge in [0.05, 0.1) is 0 Å². The number of ether oxygens (including phenoxy) is 1. The van der Waals surface area contributed by atoms with Gasteiger partial charge in [-0.3, -0.25) is 4.79 Å². The van der Waals surface area contributed by atoms with E-state index in [2.05, 4.69) is 22.2 Å². The molecule has 3 rings (SSSR count). The SMILES string of the molecule is CN(C(=O)OCC1c2ccccc2-c2ccccc21)[C@@H](CCN)C(=O)N=[N+]=[N-]. The van der Waals surface area contributed by atoms with Crippen molar-refractivity contribution in [2.24, 2.45) is 10.8 Å². The minimum absolute atomic E-state index is 0.0782. The molecule has 0 aromatic heterocycles. The quantitative estimate of drug-likeness (QED) is 0.469. The molecule has 0 radical (unpaired) electrons. The highest BCUT2D eigenvalue weighted by atomic mass is 16.6. The second-order valence-electron chi connectivity index (χ2n) is 6.54. The predicted octanol–water partition coefficient (Wildman–Crippen LogP) is 3.42. The first kappa shape index (κ1) is 19.4. The van der Waals surface area contributed by atoms with Crippen molar-refractivity contribution in [2.75, 3.05) is 20.2 Å². The molecule has 0 bridgehead atoms. The van der Waals surface area contributed by atoms with E-state index in [-0.39, 0.29) is 25.5 Å². The molecule has 28 heavy (non-hydrogen) atoms. The van der Waals surface area contributed by atoms with E-state index in [0.29, 0.717) is 0 Å². The molecule has 8 heteroatoms. The van der Waals surface area contributed by atoms with Crippen LogP contribution in [-0.2, 0) is 9.53 Å². The molecule has 1 atom stereocenters. The number of likely N-dealkylation sites (N-methyl/N-ethyl adjacent to an activating group) is 1. The fourth-order valence-electron chi connectivity index (χ4n) is 3.57. The van der Waals surface area contributed by atoms with Gasteiger partial charge >= 0.3 is 6.09 Å². The average molecular weight is 379 g/mol.